The first-order valence-corrected chi connectivity index (χ1v) is 6.15. The molecule has 5 heteroatoms. The lowest BCUT2D eigenvalue weighted by Gasteiger charge is -2.11. The van der Waals surface area contributed by atoms with E-state index in [1.54, 1.807) is 18.2 Å². The number of nitrogens with one attached hydrogen (secondary N) is 1. The van der Waals surface area contributed by atoms with Gasteiger partial charge in [-0.2, -0.15) is 0 Å². The van der Waals surface area contributed by atoms with Gasteiger partial charge < -0.3 is 10.1 Å². The van der Waals surface area contributed by atoms with E-state index >= 15 is 0 Å². The van der Waals surface area contributed by atoms with Crippen LogP contribution in [0.4, 0.5) is 0 Å². The average molecular weight is 276 g/mol. The highest BCUT2D eigenvalue weighted by atomic mass is 35.5. The van der Waals surface area contributed by atoms with Gasteiger partial charge in [0.15, 0.2) is 0 Å². The summed E-state index contributed by atoms with van der Waals surface area (Å²) in [6, 6.07) is 4.91. The number of carbonyl (C=O) groups excluding carboxylic acids is 1. The van der Waals surface area contributed by atoms with E-state index in [2.05, 4.69) is 5.32 Å². The predicted molar refractivity (Wildman–Crippen MR) is 70.3 cm³/mol. The second kappa shape index (κ2) is 6.72. The van der Waals surface area contributed by atoms with Crippen molar-refractivity contribution in [3.05, 3.63) is 28.8 Å². The van der Waals surface area contributed by atoms with Crippen molar-refractivity contribution in [1.82, 2.24) is 5.32 Å². The lowest BCUT2D eigenvalue weighted by Crippen LogP contribution is -2.29. The van der Waals surface area contributed by atoms with Gasteiger partial charge in [0.25, 0.3) is 5.91 Å². The van der Waals surface area contributed by atoms with Crippen molar-refractivity contribution >= 4 is 29.1 Å². The molecule has 3 nitrogen and oxygen atoms in total. The van der Waals surface area contributed by atoms with Crippen LogP contribution in [0.5, 0.6) is 5.75 Å². The molecular weight excluding hydrogens is 261 g/mol. The molecular formula is C12H15Cl2NO2. The summed E-state index contributed by atoms with van der Waals surface area (Å²) >= 11 is 11.8. The highest BCUT2D eigenvalue weighted by molar-refractivity contribution is 6.31. The highest BCUT2D eigenvalue weighted by Crippen LogP contribution is 2.22. The van der Waals surface area contributed by atoms with Gasteiger partial charge in [-0.3, -0.25) is 4.79 Å². The first kappa shape index (κ1) is 14.1. The van der Waals surface area contributed by atoms with Crippen molar-refractivity contribution in [2.24, 2.45) is 0 Å². The van der Waals surface area contributed by atoms with Crippen LogP contribution < -0.4 is 10.1 Å². The lowest BCUT2D eigenvalue weighted by molar-refractivity contribution is 0.0950. The largest absolute Gasteiger partial charge is 0.496 e. The van der Waals surface area contributed by atoms with Gasteiger partial charge in [0.05, 0.1) is 18.1 Å². The summed E-state index contributed by atoms with van der Waals surface area (Å²) in [6.45, 7) is 2.39. The smallest absolute Gasteiger partial charge is 0.255 e. The fraction of sp³-hybridized carbons (Fsp3) is 0.417. The summed E-state index contributed by atoms with van der Waals surface area (Å²) in [4.78, 5) is 11.9. The Morgan fingerprint density at radius 3 is 2.82 bits per heavy atom. The summed E-state index contributed by atoms with van der Waals surface area (Å²) in [5.74, 6) is 0.262. The molecule has 0 aliphatic heterocycles. The Hall–Kier alpha value is -0.930. The molecule has 0 radical (unpaired) electrons. The molecule has 1 aromatic carbocycles. The summed E-state index contributed by atoms with van der Waals surface area (Å²) in [5, 5.41) is 3.17. The normalized spacial score (nSPS) is 12.0. The molecule has 0 aliphatic carbocycles. The molecule has 0 spiro atoms. The Morgan fingerprint density at radius 1 is 1.53 bits per heavy atom. The third-order valence-corrected chi connectivity index (χ3v) is 3.03. The van der Waals surface area contributed by atoms with E-state index in [0.717, 1.165) is 6.42 Å². The van der Waals surface area contributed by atoms with Crippen LogP contribution in [0.1, 0.15) is 23.7 Å². The van der Waals surface area contributed by atoms with E-state index in [1.165, 1.54) is 7.11 Å². The minimum Gasteiger partial charge on any atom is -0.496 e. The topological polar surface area (TPSA) is 38.3 Å². The maximum atomic E-state index is 11.9. The number of methoxy groups -OCH3 is 1. The van der Waals surface area contributed by atoms with Crippen LogP contribution in [0.3, 0.4) is 0 Å². The zero-order valence-electron chi connectivity index (χ0n) is 9.80. The first-order chi connectivity index (χ1) is 8.08. The Labute approximate surface area is 111 Å². The van der Waals surface area contributed by atoms with Crippen LogP contribution in [-0.4, -0.2) is 24.9 Å². The molecule has 17 heavy (non-hydrogen) atoms. The Balaban J connectivity index is 2.77. The number of ether oxygens (including phenoxy) is 1. The number of carbonyl (C=O) groups is 1. The Kier molecular flexibility index (Phi) is 5.59. The van der Waals surface area contributed by atoms with Crippen molar-refractivity contribution in [1.29, 1.82) is 0 Å². The van der Waals surface area contributed by atoms with Gasteiger partial charge in [0.2, 0.25) is 0 Å². The molecule has 0 aromatic heterocycles. The molecule has 1 N–H and O–H groups in total. The van der Waals surface area contributed by atoms with E-state index in [-0.39, 0.29) is 11.3 Å². The van der Waals surface area contributed by atoms with Crippen LogP contribution >= 0.6 is 23.2 Å². The standard InChI is InChI=1S/C12H15Cl2NO2/c1-3-8(13)7-15-12(16)10-6-9(14)4-5-11(10)17-2/h4-6,8H,3,7H2,1-2H3,(H,15,16). The van der Waals surface area contributed by atoms with E-state index in [9.17, 15) is 4.79 Å². The minimum atomic E-state index is -0.233. The van der Waals surface area contributed by atoms with Crippen molar-refractivity contribution in [3.8, 4) is 5.75 Å². The number of benzene rings is 1. The number of hydrogen-bond acceptors (Lipinski definition) is 2. The number of rotatable bonds is 5. The van der Waals surface area contributed by atoms with E-state index < -0.39 is 0 Å². The van der Waals surface area contributed by atoms with Crippen LogP contribution in [0.25, 0.3) is 0 Å². The molecule has 1 unspecified atom stereocenters. The van der Waals surface area contributed by atoms with Crippen LogP contribution in [-0.2, 0) is 0 Å². The molecule has 1 atom stereocenters. The fourth-order valence-corrected chi connectivity index (χ4v) is 1.55. The number of alkyl halides is 1. The van der Waals surface area contributed by atoms with Crippen LogP contribution in [0.2, 0.25) is 5.02 Å². The maximum Gasteiger partial charge on any atom is 0.255 e. The molecule has 94 valence electrons. The summed E-state index contributed by atoms with van der Waals surface area (Å²) in [5.41, 5.74) is 0.417. The number of hydrogen-bond donors (Lipinski definition) is 1. The lowest BCUT2D eigenvalue weighted by atomic mass is 10.2. The third-order valence-electron chi connectivity index (χ3n) is 2.33. The first-order valence-electron chi connectivity index (χ1n) is 5.34. The van der Waals surface area contributed by atoms with E-state index in [0.29, 0.717) is 22.9 Å². The highest BCUT2D eigenvalue weighted by Gasteiger charge is 2.13. The molecule has 1 amide bonds. The molecule has 0 aliphatic rings. The molecule has 0 saturated carbocycles. The van der Waals surface area contributed by atoms with Gasteiger partial charge in [-0.05, 0) is 24.6 Å². The number of amides is 1. The molecule has 0 bridgehead atoms. The average Bonchev–Trinajstić information content (AvgIpc) is 2.35. The van der Waals surface area contributed by atoms with Gasteiger partial charge in [-0.15, -0.1) is 11.6 Å². The molecule has 0 fully saturated rings. The second-order valence-corrected chi connectivity index (χ2v) is 4.61. The van der Waals surface area contributed by atoms with E-state index in [4.69, 9.17) is 27.9 Å². The zero-order chi connectivity index (χ0) is 12.8. The van der Waals surface area contributed by atoms with E-state index in [1.807, 2.05) is 6.92 Å². The zero-order valence-corrected chi connectivity index (χ0v) is 11.3. The SMILES string of the molecule is CCC(Cl)CNC(=O)c1cc(Cl)ccc1OC. The van der Waals surface area contributed by atoms with Gasteiger partial charge >= 0.3 is 0 Å². The molecule has 0 heterocycles. The molecule has 1 aromatic rings. The quantitative estimate of drug-likeness (QED) is 0.839. The maximum absolute atomic E-state index is 11.9. The van der Waals surface area contributed by atoms with Crippen molar-refractivity contribution < 1.29 is 9.53 Å². The number of halogens is 2. The van der Waals surface area contributed by atoms with Crippen molar-refractivity contribution in [2.45, 2.75) is 18.7 Å². The van der Waals surface area contributed by atoms with Crippen LogP contribution in [0.15, 0.2) is 18.2 Å². The monoisotopic (exact) mass is 275 g/mol. The van der Waals surface area contributed by atoms with Gasteiger partial charge in [-0.25, -0.2) is 0 Å². The van der Waals surface area contributed by atoms with Gasteiger partial charge in [0.1, 0.15) is 5.75 Å². The predicted octanol–water partition coefficient (Wildman–Crippen LogP) is 3.10. The summed E-state index contributed by atoms with van der Waals surface area (Å²) in [6.07, 6.45) is 0.800. The summed E-state index contributed by atoms with van der Waals surface area (Å²) < 4.78 is 5.10. The fourth-order valence-electron chi connectivity index (χ4n) is 1.30. The second-order valence-electron chi connectivity index (χ2n) is 3.56. The van der Waals surface area contributed by atoms with Gasteiger partial charge in [0, 0.05) is 11.6 Å². The Bertz CT molecular complexity index is 396. The third kappa shape index (κ3) is 4.10. The molecule has 0 saturated heterocycles. The van der Waals surface area contributed by atoms with Gasteiger partial charge in [-0.1, -0.05) is 18.5 Å². The van der Waals surface area contributed by atoms with Crippen molar-refractivity contribution in [2.75, 3.05) is 13.7 Å². The summed E-state index contributed by atoms with van der Waals surface area (Å²) in [7, 11) is 1.51. The van der Waals surface area contributed by atoms with Crippen molar-refractivity contribution in [3.63, 3.8) is 0 Å². The molecule has 1 rings (SSSR count). The Morgan fingerprint density at radius 2 is 2.24 bits per heavy atom. The van der Waals surface area contributed by atoms with Crippen LogP contribution in [0, 0.1) is 0 Å². The minimum absolute atomic E-state index is 0.0656.